The Balaban J connectivity index is 1.73. The van der Waals surface area contributed by atoms with Gasteiger partial charge in [0.05, 0.1) is 13.2 Å². The molecule has 1 fully saturated rings. The standard InChI is InChI=1S/C19H24FNO7/c1-19(18(25)26)27-10-12(11-28-19)4-2-3-5-15(17(23)24)21-16(22)13-6-8-14(20)9-7-13/h6-9,12,15H,2-5,10-11H2,1H3,(H,21,22)(H,23,24)(H,25,26)/t12-,15?,19+. The number of carbonyl (C=O) groups is 3. The summed E-state index contributed by atoms with van der Waals surface area (Å²) in [6.45, 7) is 1.87. The Morgan fingerprint density at radius 2 is 1.79 bits per heavy atom. The minimum Gasteiger partial charge on any atom is -0.480 e. The first-order valence-corrected chi connectivity index (χ1v) is 9.02. The number of carboxylic acids is 2. The zero-order valence-corrected chi connectivity index (χ0v) is 15.5. The van der Waals surface area contributed by atoms with Crippen LogP contribution < -0.4 is 5.32 Å². The molecule has 2 rings (SSSR count). The molecule has 3 N–H and O–H groups in total. The smallest absolute Gasteiger partial charge is 0.364 e. The van der Waals surface area contributed by atoms with E-state index in [9.17, 15) is 23.9 Å². The van der Waals surface area contributed by atoms with Gasteiger partial charge in [-0.15, -0.1) is 0 Å². The second kappa shape index (κ2) is 9.61. The van der Waals surface area contributed by atoms with Crippen molar-refractivity contribution >= 4 is 17.8 Å². The van der Waals surface area contributed by atoms with E-state index < -0.39 is 35.5 Å². The second-order valence-corrected chi connectivity index (χ2v) is 6.89. The summed E-state index contributed by atoms with van der Waals surface area (Å²) in [5.41, 5.74) is 0.186. The number of nitrogens with one attached hydrogen (secondary N) is 1. The molecule has 1 saturated heterocycles. The average molecular weight is 397 g/mol. The van der Waals surface area contributed by atoms with Crippen molar-refractivity contribution in [2.45, 2.75) is 44.4 Å². The van der Waals surface area contributed by atoms with Crippen LogP contribution in [0.2, 0.25) is 0 Å². The van der Waals surface area contributed by atoms with E-state index in [2.05, 4.69) is 5.32 Å². The van der Waals surface area contributed by atoms with Crippen LogP contribution in [0, 0.1) is 11.7 Å². The highest BCUT2D eigenvalue weighted by Gasteiger charge is 2.40. The quantitative estimate of drug-likeness (QED) is 0.545. The Morgan fingerprint density at radius 3 is 2.32 bits per heavy atom. The molecule has 0 aromatic heterocycles. The lowest BCUT2D eigenvalue weighted by atomic mass is 9.99. The first-order valence-electron chi connectivity index (χ1n) is 9.02. The molecule has 154 valence electrons. The molecule has 1 aliphatic heterocycles. The topological polar surface area (TPSA) is 122 Å². The fourth-order valence-electron chi connectivity index (χ4n) is 2.82. The third-order valence-corrected chi connectivity index (χ3v) is 4.64. The van der Waals surface area contributed by atoms with Gasteiger partial charge in [0.2, 0.25) is 0 Å². The summed E-state index contributed by atoms with van der Waals surface area (Å²) in [5.74, 6) is -4.95. The summed E-state index contributed by atoms with van der Waals surface area (Å²) in [6, 6.07) is 3.80. The largest absolute Gasteiger partial charge is 0.480 e. The van der Waals surface area contributed by atoms with E-state index in [1.54, 1.807) is 0 Å². The minimum absolute atomic E-state index is 0.0320. The maximum atomic E-state index is 12.9. The number of aliphatic carboxylic acids is 2. The molecule has 0 radical (unpaired) electrons. The van der Waals surface area contributed by atoms with Crippen molar-refractivity contribution in [2.24, 2.45) is 5.92 Å². The number of benzene rings is 1. The van der Waals surface area contributed by atoms with Gasteiger partial charge >= 0.3 is 11.9 Å². The number of hydrogen-bond donors (Lipinski definition) is 3. The van der Waals surface area contributed by atoms with Crippen molar-refractivity contribution in [2.75, 3.05) is 13.2 Å². The Kier molecular flexibility index (Phi) is 7.47. The monoisotopic (exact) mass is 397 g/mol. The van der Waals surface area contributed by atoms with Gasteiger partial charge < -0.3 is 25.0 Å². The van der Waals surface area contributed by atoms with Gasteiger partial charge in [0.25, 0.3) is 11.7 Å². The third kappa shape index (κ3) is 6.00. The van der Waals surface area contributed by atoms with Crippen molar-refractivity contribution in [3.63, 3.8) is 0 Å². The van der Waals surface area contributed by atoms with Crippen LogP contribution in [0.3, 0.4) is 0 Å². The van der Waals surface area contributed by atoms with Crippen LogP contribution in [0.25, 0.3) is 0 Å². The van der Waals surface area contributed by atoms with Gasteiger partial charge in [-0.3, -0.25) is 4.79 Å². The average Bonchev–Trinajstić information content (AvgIpc) is 2.65. The van der Waals surface area contributed by atoms with Crippen molar-refractivity contribution in [1.29, 1.82) is 0 Å². The summed E-state index contributed by atoms with van der Waals surface area (Å²) < 4.78 is 23.4. The lowest BCUT2D eigenvalue weighted by molar-refractivity contribution is -0.271. The molecule has 0 spiro atoms. The summed E-state index contributed by atoms with van der Waals surface area (Å²) in [4.78, 5) is 34.5. The van der Waals surface area contributed by atoms with Crippen LogP contribution in [-0.4, -0.2) is 53.1 Å². The first kappa shape index (κ1) is 21.8. The Labute approximate surface area is 161 Å². The highest BCUT2D eigenvalue weighted by Crippen LogP contribution is 2.24. The molecule has 1 aromatic rings. The molecule has 1 unspecified atom stereocenters. The molecule has 1 amide bonds. The van der Waals surface area contributed by atoms with E-state index in [-0.39, 0.29) is 31.1 Å². The number of ether oxygens (including phenoxy) is 2. The van der Waals surface area contributed by atoms with E-state index in [4.69, 9.17) is 14.6 Å². The predicted octanol–water partition coefficient (Wildman–Crippen LogP) is 2.03. The Hall–Kier alpha value is -2.52. The van der Waals surface area contributed by atoms with Crippen molar-refractivity contribution in [3.8, 4) is 0 Å². The number of carbonyl (C=O) groups excluding carboxylic acids is 1. The predicted molar refractivity (Wildman–Crippen MR) is 95.2 cm³/mol. The zero-order valence-electron chi connectivity index (χ0n) is 15.5. The van der Waals surface area contributed by atoms with E-state index in [0.717, 1.165) is 12.1 Å². The van der Waals surface area contributed by atoms with Crippen LogP contribution in [0.15, 0.2) is 24.3 Å². The van der Waals surface area contributed by atoms with E-state index in [1.807, 2.05) is 0 Å². The number of hydrogen-bond acceptors (Lipinski definition) is 5. The van der Waals surface area contributed by atoms with Crippen LogP contribution in [0.5, 0.6) is 0 Å². The van der Waals surface area contributed by atoms with E-state index in [0.29, 0.717) is 19.3 Å². The molecule has 1 aromatic carbocycles. The summed E-state index contributed by atoms with van der Waals surface area (Å²) in [6.07, 6.45) is 2.15. The molecule has 0 aliphatic carbocycles. The van der Waals surface area contributed by atoms with Crippen LogP contribution in [0.1, 0.15) is 43.0 Å². The molecular weight excluding hydrogens is 373 g/mol. The molecule has 1 heterocycles. The van der Waals surface area contributed by atoms with Crippen molar-refractivity contribution in [1.82, 2.24) is 5.32 Å². The van der Waals surface area contributed by atoms with Gasteiger partial charge in [0.15, 0.2) is 0 Å². The lowest BCUT2D eigenvalue weighted by Gasteiger charge is -2.34. The van der Waals surface area contributed by atoms with Gasteiger partial charge in [-0.1, -0.05) is 12.8 Å². The van der Waals surface area contributed by atoms with Gasteiger partial charge in [-0.25, -0.2) is 14.0 Å². The molecule has 0 bridgehead atoms. The molecule has 1 aliphatic rings. The third-order valence-electron chi connectivity index (χ3n) is 4.64. The van der Waals surface area contributed by atoms with Gasteiger partial charge in [0, 0.05) is 18.4 Å². The highest BCUT2D eigenvalue weighted by molar-refractivity contribution is 5.96. The maximum absolute atomic E-state index is 12.9. The lowest BCUT2D eigenvalue weighted by Crippen LogP contribution is -2.47. The minimum atomic E-state index is -1.62. The molecule has 28 heavy (non-hydrogen) atoms. The number of halogens is 1. The summed E-state index contributed by atoms with van der Waals surface area (Å²) in [7, 11) is 0. The highest BCUT2D eigenvalue weighted by atomic mass is 19.1. The van der Waals surface area contributed by atoms with E-state index in [1.165, 1.54) is 19.1 Å². The summed E-state index contributed by atoms with van der Waals surface area (Å²) >= 11 is 0. The fraction of sp³-hybridized carbons (Fsp3) is 0.526. The molecule has 1 atom stereocenters. The SMILES string of the molecule is C[C@]1(C(=O)O)OC[C@@H](CCCCC(NC(=O)c2ccc(F)cc2)C(=O)O)CO1. The van der Waals surface area contributed by atoms with Gasteiger partial charge in [-0.05, 0) is 37.1 Å². The number of unbranched alkanes of at least 4 members (excludes halogenated alkanes) is 1. The number of carboxylic acid groups (broad SMARTS) is 2. The maximum Gasteiger partial charge on any atom is 0.364 e. The van der Waals surface area contributed by atoms with Crippen LogP contribution in [0.4, 0.5) is 4.39 Å². The van der Waals surface area contributed by atoms with E-state index >= 15 is 0 Å². The second-order valence-electron chi connectivity index (χ2n) is 6.89. The van der Waals surface area contributed by atoms with Gasteiger partial charge in [-0.2, -0.15) is 0 Å². The molecule has 9 heteroatoms. The molecule has 0 saturated carbocycles. The van der Waals surface area contributed by atoms with Crippen LogP contribution >= 0.6 is 0 Å². The Morgan fingerprint density at radius 1 is 1.18 bits per heavy atom. The van der Waals surface area contributed by atoms with Crippen LogP contribution in [-0.2, 0) is 19.1 Å². The first-order chi connectivity index (χ1) is 13.2. The Bertz CT molecular complexity index is 699. The van der Waals surface area contributed by atoms with Crippen molar-refractivity contribution < 1.29 is 38.5 Å². The molecular formula is C19H24FNO7. The van der Waals surface area contributed by atoms with Gasteiger partial charge in [0.1, 0.15) is 11.9 Å². The zero-order chi connectivity index (χ0) is 20.7. The summed E-state index contributed by atoms with van der Waals surface area (Å²) in [5, 5.41) is 20.8. The normalized spacial score (nSPS) is 23.0. The fourth-order valence-corrected chi connectivity index (χ4v) is 2.82. The number of rotatable bonds is 9. The van der Waals surface area contributed by atoms with Crippen molar-refractivity contribution in [3.05, 3.63) is 35.6 Å². The molecule has 8 nitrogen and oxygen atoms in total. The number of amides is 1.